The van der Waals surface area contributed by atoms with E-state index in [1.807, 2.05) is 24.1 Å². The minimum Gasteiger partial charge on any atom is -0.331 e. The van der Waals surface area contributed by atoms with Crippen LogP contribution in [0.4, 0.5) is 0 Å². The molecule has 1 aliphatic rings. The van der Waals surface area contributed by atoms with Gasteiger partial charge >= 0.3 is 0 Å². The lowest BCUT2D eigenvalue weighted by atomic mass is 10.0. The first-order valence-corrected chi connectivity index (χ1v) is 8.11. The molecular weight excluding hydrogens is 286 g/mol. The molecule has 1 aliphatic heterocycles. The fourth-order valence-corrected chi connectivity index (χ4v) is 3.69. The molecule has 0 unspecified atom stereocenters. The summed E-state index contributed by atoms with van der Waals surface area (Å²) in [5.74, 6) is 0.0954. The fourth-order valence-electron chi connectivity index (χ4n) is 2.75. The van der Waals surface area contributed by atoms with Crippen molar-refractivity contribution in [3.05, 3.63) is 28.7 Å². The number of hydrogen-bond donors (Lipinski definition) is 0. The van der Waals surface area contributed by atoms with Gasteiger partial charge in [0.2, 0.25) is 5.91 Å². The minimum atomic E-state index is -0.325. The second-order valence-corrected chi connectivity index (χ2v) is 6.31. The van der Waals surface area contributed by atoms with Gasteiger partial charge in [0.15, 0.2) is 0 Å². The van der Waals surface area contributed by atoms with E-state index in [0.29, 0.717) is 0 Å². The van der Waals surface area contributed by atoms with E-state index in [1.165, 1.54) is 6.33 Å². The highest BCUT2D eigenvalue weighted by Gasteiger charge is 2.33. The summed E-state index contributed by atoms with van der Waals surface area (Å²) in [5.41, 5.74) is 1.03. The van der Waals surface area contributed by atoms with Crippen LogP contribution in [-0.2, 0) is 4.79 Å². The van der Waals surface area contributed by atoms with Gasteiger partial charge in [-0.2, -0.15) is 5.10 Å². The Morgan fingerprint density at radius 3 is 3.00 bits per heavy atom. The zero-order valence-electron chi connectivity index (χ0n) is 12.3. The summed E-state index contributed by atoms with van der Waals surface area (Å²) in [5, 5.41) is 7.18. The van der Waals surface area contributed by atoms with Gasteiger partial charge in [-0.15, -0.1) is 11.3 Å². The molecule has 0 radical (unpaired) electrons. The Morgan fingerprint density at radius 2 is 2.33 bits per heavy atom. The maximum Gasteiger partial charge on any atom is 0.247 e. The third kappa shape index (κ3) is 2.83. The van der Waals surface area contributed by atoms with Crippen molar-refractivity contribution in [1.82, 2.24) is 24.6 Å². The molecular formula is C14H19N5OS. The predicted molar refractivity (Wildman–Crippen MR) is 79.9 cm³/mol. The van der Waals surface area contributed by atoms with E-state index in [4.69, 9.17) is 0 Å². The van der Waals surface area contributed by atoms with Gasteiger partial charge in [-0.3, -0.25) is 4.79 Å². The second-order valence-electron chi connectivity index (χ2n) is 5.42. The number of aryl methyl sites for hydroxylation is 1. The molecule has 2 atom stereocenters. The van der Waals surface area contributed by atoms with Gasteiger partial charge in [-0.1, -0.05) is 0 Å². The summed E-state index contributed by atoms with van der Waals surface area (Å²) in [6, 6.07) is -0.218. The van der Waals surface area contributed by atoms with Crippen LogP contribution in [0.15, 0.2) is 18.0 Å². The smallest absolute Gasteiger partial charge is 0.247 e. The zero-order chi connectivity index (χ0) is 14.8. The largest absolute Gasteiger partial charge is 0.331 e. The van der Waals surface area contributed by atoms with Crippen molar-refractivity contribution in [3.63, 3.8) is 0 Å². The van der Waals surface area contributed by atoms with Crippen LogP contribution >= 0.6 is 11.3 Å². The summed E-state index contributed by atoms with van der Waals surface area (Å²) in [4.78, 5) is 23.3. The molecule has 3 rings (SSSR count). The van der Waals surface area contributed by atoms with Crippen LogP contribution in [0.25, 0.3) is 0 Å². The van der Waals surface area contributed by atoms with Crippen molar-refractivity contribution in [3.8, 4) is 0 Å². The number of carbonyl (C=O) groups excluding carboxylic acids is 1. The average molecular weight is 305 g/mol. The zero-order valence-corrected chi connectivity index (χ0v) is 13.1. The van der Waals surface area contributed by atoms with E-state index in [9.17, 15) is 4.79 Å². The number of nitrogens with zero attached hydrogens (tertiary/aromatic N) is 5. The summed E-state index contributed by atoms with van der Waals surface area (Å²) < 4.78 is 1.61. The number of piperidine rings is 1. The fraction of sp³-hybridized carbons (Fsp3) is 0.571. The Balaban J connectivity index is 1.82. The van der Waals surface area contributed by atoms with Gasteiger partial charge in [0.1, 0.15) is 23.7 Å². The Hall–Kier alpha value is -1.76. The molecule has 1 saturated heterocycles. The van der Waals surface area contributed by atoms with Crippen molar-refractivity contribution in [1.29, 1.82) is 0 Å². The highest BCUT2D eigenvalue weighted by Crippen LogP contribution is 2.34. The number of hydrogen-bond acceptors (Lipinski definition) is 5. The predicted octanol–water partition coefficient (Wildman–Crippen LogP) is 2.36. The lowest BCUT2D eigenvalue weighted by molar-refractivity contribution is -0.138. The van der Waals surface area contributed by atoms with E-state index in [2.05, 4.69) is 15.1 Å². The van der Waals surface area contributed by atoms with Crippen LogP contribution in [0.5, 0.6) is 0 Å². The first kappa shape index (κ1) is 14.2. The number of likely N-dealkylation sites (tertiary alicyclic amines) is 1. The second kappa shape index (κ2) is 5.93. The van der Waals surface area contributed by atoms with Gasteiger partial charge < -0.3 is 4.90 Å². The van der Waals surface area contributed by atoms with Crippen LogP contribution in [-0.4, -0.2) is 37.1 Å². The molecule has 0 bridgehead atoms. The van der Waals surface area contributed by atoms with Crippen LogP contribution in [0, 0.1) is 6.92 Å². The van der Waals surface area contributed by atoms with E-state index in [-0.39, 0.29) is 18.0 Å². The standard InChI is InChI=1S/C14H19N5OS/c1-10-7-21-13(17-10)12-5-3-4-6-18(12)14(20)11(2)19-9-15-8-16-19/h7-9,11-12H,3-6H2,1-2H3/t11-,12-/m0/s1. The van der Waals surface area contributed by atoms with Gasteiger partial charge in [0.05, 0.1) is 6.04 Å². The summed E-state index contributed by atoms with van der Waals surface area (Å²) in [6.07, 6.45) is 6.24. The maximum atomic E-state index is 12.8. The molecule has 0 aromatic carbocycles. The number of thiazole rings is 1. The molecule has 6 nitrogen and oxygen atoms in total. The molecule has 112 valence electrons. The van der Waals surface area contributed by atoms with Gasteiger partial charge in [0, 0.05) is 17.6 Å². The first-order valence-electron chi connectivity index (χ1n) is 7.23. The third-order valence-corrected chi connectivity index (χ3v) is 4.96. The number of amides is 1. The Kier molecular flexibility index (Phi) is 4.01. The molecule has 0 N–H and O–H groups in total. The molecule has 3 heterocycles. The molecule has 0 saturated carbocycles. The van der Waals surface area contributed by atoms with Gasteiger partial charge in [-0.25, -0.2) is 14.6 Å². The lowest BCUT2D eigenvalue weighted by Crippen LogP contribution is -2.42. The van der Waals surface area contributed by atoms with Crippen molar-refractivity contribution in [2.24, 2.45) is 0 Å². The van der Waals surface area contributed by atoms with E-state index >= 15 is 0 Å². The Bertz CT molecular complexity index is 609. The van der Waals surface area contributed by atoms with Gasteiger partial charge in [0.25, 0.3) is 0 Å². The van der Waals surface area contributed by atoms with Crippen molar-refractivity contribution >= 4 is 17.2 Å². The van der Waals surface area contributed by atoms with Crippen LogP contribution in [0.1, 0.15) is 49.0 Å². The molecule has 21 heavy (non-hydrogen) atoms. The normalized spacial score (nSPS) is 20.5. The molecule has 1 amide bonds. The highest BCUT2D eigenvalue weighted by molar-refractivity contribution is 7.09. The maximum absolute atomic E-state index is 12.8. The SMILES string of the molecule is Cc1csc([C@@H]2CCCCN2C(=O)[C@H](C)n2cncn2)n1. The van der Waals surface area contributed by atoms with Crippen LogP contribution in [0.3, 0.4) is 0 Å². The summed E-state index contributed by atoms with van der Waals surface area (Å²) >= 11 is 1.65. The summed E-state index contributed by atoms with van der Waals surface area (Å²) in [7, 11) is 0. The first-order chi connectivity index (χ1) is 10.2. The van der Waals surface area contributed by atoms with E-state index in [0.717, 1.165) is 36.5 Å². The van der Waals surface area contributed by atoms with Crippen molar-refractivity contribution < 1.29 is 4.79 Å². The molecule has 2 aromatic heterocycles. The van der Waals surface area contributed by atoms with Crippen LogP contribution < -0.4 is 0 Å². The van der Waals surface area contributed by atoms with Crippen molar-refractivity contribution in [2.45, 2.75) is 45.2 Å². The van der Waals surface area contributed by atoms with E-state index in [1.54, 1.807) is 22.3 Å². The Labute approximate surface area is 127 Å². The van der Waals surface area contributed by atoms with E-state index < -0.39 is 0 Å². The molecule has 1 fully saturated rings. The highest BCUT2D eigenvalue weighted by atomic mass is 32.1. The quantitative estimate of drug-likeness (QED) is 0.873. The lowest BCUT2D eigenvalue weighted by Gasteiger charge is -2.36. The topological polar surface area (TPSA) is 63.9 Å². The van der Waals surface area contributed by atoms with Crippen LogP contribution in [0.2, 0.25) is 0 Å². The molecule has 2 aromatic rings. The number of aromatic nitrogens is 4. The molecule has 0 spiro atoms. The average Bonchev–Trinajstić information content (AvgIpc) is 3.17. The van der Waals surface area contributed by atoms with Crippen molar-refractivity contribution in [2.75, 3.05) is 6.54 Å². The molecule has 7 heteroatoms. The van der Waals surface area contributed by atoms with Gasteiger partial charge in [-0.05, 0) is 33.1 Å². The Morgan fingerprint density at radius 1 is 1.48 bits per heavy atom. The minimum absolute atomic E-state index is 0.0954. The summed E-state index contributed by atoms with van der Waals surface area (Å²) in [6.45, 7) is 4.66. The third-order valence-electron chi connectivity index (χ3n) is 3.90. The number of carbonyl (C=O) groups is 1. The number of rotatable bonds is 3. The monoisotopic (exact) mass is 305 g/mol. The molecule has 0 aliphatic carbocycles.